The molecule has 0 radical (unpaired) electrons. The third-order valence-corrected chi connectivity index (χ3v) is 3.18. The fraction of sp³-hybridized carbons (Fsp3) is 0.562. The lowest BCUT2D eigenvalue weighted by molar-refractivity contribution is -0.145. The zero-order chi connectivity index (χ0) is 14.8. The van der Waals surface area contributed by atoms with Crippen molar-refractivity contribution < 1.29 is 14.3 Å². The summed E-state index contributed by atoms with van der Waals surface area (Å²) < 4.78 is 10.5. The monoisotopic (exact) mass is 279 g/mol. The molecule has 0 fully saturated rings. The molecular weight excluding hydrogens is 254 g/mol. The van der Waals surface area contributed by atoms with Crippen molar-refractivity contribution in [3.63, 3.8) is 0 Å². The van der Waals surface area contributed by atoms with Crippen LogP contribution in [-0.2, 0) is 14.3 Å². The third kappa shape index (κ3) is 7.14. The Morgan fingerprint density at radius 1 is 1.25 bits per heavy atom. The molecular formula is C16H25NO3. The number of rotatable bonds is 9. The van der Waals surface area contributed by atoms with Gasteiger partial charge in [-0.3, -0.25) is 4.79 Å². The Labute approximate surface area is 121 Å². The van der Waals surface area contributed by atoms with Crippen LogP contribution in [0, 0.1) is 0 Å². The summed E-state index contributed by atoms with van der Waals surface area (Å²) in [5, 5.41) is 3.26. The maximum atomic E-state index is 11.5. The van der Waals surface area contributed by atoms with Crippen molar-refractivity contribution in [2.75, 3.05) is 25.6 Å². The van der Waals surface area contributed by atoms with Crippen LogP contribution in [0.25, 0.3) is 0 Å². The largest absolute Gasteiger partial charge is 0.466 e. The number of benzene rings is 1. The van der Waals surface area contributed by atoms with Crippen molar-refractivity contribution in [3.05, 3.63) is 30.3 Å². The molecule has 0 unspecified atom stereocenters. The van der Waals surface area contributed by atoms with Gasteiger partial charge in [-0.1, -0.05) is 18.2 Å². The van der Waals surface area contributed by atoms with E-state index in [1.807, 2.05) is 44.2 Å². The van der Waals surface area contributed by atoms with Crippen molar-refractivity contribution in [1.29, 1.82) is 0 Å². The second-order valence-electron chi connectivity index (χ2n) is 5.33. The summed E-state index contributed by atoms with van der Waals surface area (Å²) in [7, 11) is 1.66. The summed E-state index contributed by atoms with van der Waals surface area (Å²) in [6.07, 6.45) is 1.91. The fourth-order valence-electron chi connectivity index (χ4n) is 1.61. The molecule has 0 aliphatic rings. The highest BCUT2D eigenvalue weighted by Gasteiger charge is 2.16. The minimum absolute atomic E-state index is 0.147. The van der Waals surface area contributed by atoms with E-state index in [0.29, 0.717) is 19.4 Å². The van der Waals surface area contributed by atoms with Crippen molar-refractivity contribution in [1.82, 2.24) is 0 Å². The number of ether oxygens (including phenoxy) is 2. The fourth-order valence-corrected chi connectivity index (χ4v) is 1.61. The third-order valence-electron chi connectivity index (χ3n) is 3.18. The molecule has 1 aromatic carbocycles. The first-order valence-corrected chi connectivity index (χ1v) is 7.03. The van der Waals surface area contributed by atoms with Crippen LogP contribution in [0.2, 0.25) is 0 Å². The predicted octanol–water partition coefficient (Wildman–Crippen LogP) is 3.24. The maximum Gasteiger partial charge on any atom is 0.305 e. The number of esters is 1. The molecule has 4 heteroatoms. The Morgan fingerprint density at radius 2 is 1.95 bits per heavy atom. The average molecular weight is 279 g/mol. The van der Waals surface area contributed by atoms with E-state index in [1.165, 1.54) is 0 Å². The van der Waals surface area contributed by atoms with Crippen LogP contribution < -0.4 is 5.32 Å². The van der Waals surface area contributed by atoms with Crippen molar-refractivity contribution in [2.45, 2.75) is 38.7 Å². The standard InChI is InChI=1S/C16H25NO3/c1-16(2,19-3)11-13-20-15(18)10-7-12-17-14-8-5-4-6-9-14/h4-6,8-9,17H,7,10-13H2,1-3H3. The van der Waals surface area contributed by atoms with Crippen molar-refractivity contribution >= 4 is 11.7 Å². The lowest BCUT2D eigenvalue weighted by Crippen LogP contribution is -2.25. The van der Waals surface area contributed by atoms with Crippen LogP contribution in [0.3, 0.4) is 0 Å². The number of para-hydroxylation sites is 1. The summed E-state index contributed by atoms with van der Waals surface area (Å²) in [5.41, 5.74) is 0.831. The summed E-state index contributed by atoms with van der Waals surface area (Å²) in [5.74, 6) is -0.147. The van der Waals surface area contributed by atoms with Gasteiger partial charge in [-0.2, -0.15) is 0 Å². The molecule has 0 aromatic heterocycles. The molecule has 0 spiro atoms. The van der Waals surface area contributed by atoms with E-state index in [-0.39, 0.29) is 11.6 Å². The van der Waals surface area contributed by atoms with Crippen LogP contribution in [-0.4, -0.2) is 31.8 Å². The molecule has 0 aliphatic carbocycles. The van der Waals surface area contributed by atoms with E-state index in [9.17, 15) is 4.79 Å². The molecule has 20 heavy (non-hydrogen) atoms. The molecule has 0 heterocycles. The number of carbonyl (C=O) groups is 1. The summed E-state index contributed by atoms with van der Waals surface area (Å²) in [6.45, 7) is 5.13. The molecule has 4 nitrogen and oxygen atoms in total. The van der Waals surface area contributed by atoms with E-state index in [0.717, 1.165) is 18.7 Å². The topological polar surface area (TPSA) is 47.6 Å². The highest BCUT2D eigenvalue weighted by atomic mass is 16.5. The van der Waals surface area contributed by atoms with Gasteiger partial charge in [0.25, 0.3) is 0 Å². The van der Waals surface area contributed by atoms with Gasteiger partial charge in [-0.15, -0.1) is 0 Å². The minimum Gasteiger partial charge on any atom is -0.466 e. The number of nitrogens with one attached hydrogen (secondary N) is 1. The quantitative estimate of drug-likeness (QED) is 0.557. The molecule has 0 bridgehead atoms. The van der Waals surface area contributed by atoms with Crippen LogP contribution >= 0.6 is 0 Å². The highest BCUT2D eigenvalue weighted by Crippen LogP contribution is 2.12. The van der Waals surface area contributed by atoms with Gasteiger partial charge in [0.2, 0.25) is 0 Å². The minimum atomic E-state index is -0.241. The van der Waals surface area contributed by atoms with Gasteiger partial charge in [-0.25, -0.2) is 0 Å². The lowest BCUT2D eigenvalue weighted by atomic mass is 10.1. The molecule has 0 aliphatic heterocycles. The van der Waals surface area contributed by atoms with Gasteiger partial charge in [-0.05, 0) is 32.4 Å². The van der Waals surface area contributed by atoms with Gasteiger partial charge in [0.15, 0.2) is 0 Å². The molecule has 1 N–H and O–H groups in total. The van der Waals surface area contributed by atoms with Crippen LogP contribution in [0.15, 0.2) is 30.3 Å². The van der Waals surface area contributed by atoms with Gasteiger partial charge < -0.3 is 14.8 Å². The summed E-state index contributed by atoms with van der Waals surface area (Å²) in [6, 6.07) is 9.95. The number of hydrogen-bond acceptors (Lipinski definition) is 4. The Morgan fingerprint density at radius 3 is 2.60 bits per heavy atom. The van der Waals surface area contributed by atoms with Crippen LogP contribution in [0.1, 0.15) is 33.1 Å². The maximum absolute atomic E-state index is 11.5. The molecule has 1 rings (SSSR count). The molecule has 0 saturated carbocycles. The molecule has 0 atom stereocenters. The van der Waals surface area contributed by atoms with Gasteiger partial charge in [0, 0.05) is 32.2 Å². The normalized spacial score (nSPS) is 11.2. The second kappa shape index (κ2) is 8.59. The smallest absolute Gasteiger partial charge is 0.305 e. The van der Waals surface area contributed by atoms with E-state index in [4.69, 9.17) is 9.47 Å². The van der Waals surface area contributed by atoms with Crippen molar-refractivity contribution in [3.8, 4) is 0 Å². The summed E-state index contributed by atoms with van der Waals surface area (Å²) in [4.78, 5) is 11.5. The number of carbonyl (C=O) groups excluding carboxylic acids is 1. The Bertz CT molecular complexity index is 390. The van der Waals surface area contributed by atoms with Crippen LogP contribution in [0.4, 0.5) is 5.69 Å². The van der Waals surface area contributed by atoms with E-state index in [2.05, 4.69) is 5.32 Å². The molecule has 0 saturated heterocycles. The van der Waals surface area contributed by atoms with Gasteiger partial charge in [0.05, 0.1) is 12.2 Å². The van der Waals surface area contributed by atoms with Crippen molar-refractivity contribution in [2.24, 2.45) is 0 Å². The highest BCUT2D eigenvalue weighted by molar-refractivity contribution is 5.69. The van der Waals surface area contributed by atoms with Crippen LogP contribution in [0.5, 0.6) is 0 Å². The zero-order valence-corrected chi connectivity index (χ0v) is 12.6. The lowest BCUT2D eigenvalue weighted by Gasteiger charge is -2.22. The Hall–Kier alpha value is -1.55. The number of methoxy groups -OCH3 is 1. The van der Waals surface area contributed by atoms with Gasteiger partial charge >= 0.3 is 5.97 Å². The predicted molar refractivity (Wildman–Crippen MR) is 80.8 cm³/mol. The zero-order valence-electron chi connectivity index (χ0n) is 12.6. The number of hydrogen-bond donors (Lipinski definition) is 1. The first-order valence-electron chi connectivity index (χ1n) is 7.03. The number of anilines is 1. The molecule has 0 amide bonds. The first-order chi connectivity index (χ1) is 9.53. The SMILES string of the molecule is COC(C)(C)CCOC(=O)CCCNc1ccccc1. The summed E-state index contributed by atoms with van der Waals surface area (Å²) >= 11 is 0. The van der Waals surface area contributed by atoms with E-state index >= 15 is 0 Å². The average Bonchev–Trinajstić information content (AvgIpc) is 2.44. The Balaban J connectivity index is 2.06. The van der Waals surface area contributed by atoms with E-state index in [1.54, 1.807) is 7.11 Å². The van der Waals surface area contributed by atoms with Gasteiger partial charge in [0.1, 0.15) is 0 Å². The molecule has 1 aromatic rings. The Kier molecular flexibility index (Phi) is 7.09. The first kappa shape index (κ1) is 16.5. The van der Waals surface area contributed by atoms with E-state index < -0.39 is 0 Å². The molecule has 112 valence electrons. The second-order valence-corrected chi connectivity index (χ2v) is 5.33.